The summed E-state index contributed by atoms with van der Waals surface area (Å²) >= 11 is 5.78. The van der Waals surface area contributed by atoms with Gasteiger partial charge in [-0.15, -0.1) is 10.2 Å². The second-order valence-electron chi connectivity index (χ2n) is 6.30. The molecular formula is C18H14ClF6N5O. The van der Waals surface area contributed by atoms with Crippen molar-refractivity contribution in [1.82, 2.24) is 15.2 Å². The molecule has 0 amide bonds. The van der Waals surface area contributed by atoms with Crippen LogP contribution >= 0.6 is 11.6 Å². The van der Waals surface area contributed by atoms with Gasteiger partial charge in [0.2, 0.25) is 5.89 Å². The van der Waals surface area contributed by atoms with Gasteiger partial charge in [0.05, 0.1) is 12.1 Å². The number of nitrogens with zero attached hydrogens (tertiary/aromatic N) is 4. The predicted molar refractivity (Wildman–Crippen MR) is 101 cm³/mol. The minimum Gasteiger partial charge on any atom is -0.417 e. The summed E-state index contributed by atoms with van der Waals surface area (Å²) in [7, 11) is 1.28. The minimum absolute atomic E-state index is 0.0917. The Kier molecular flexibility index (Phi) is 6.30. The lowest BCUT2D eigenvalue weighted by Gasteiger charge is -2.26. The fourth-order valence-electron chi connectivity index (χ4n) is 2.75. The lowest BCUT2D eigenvalue weighted by atomic mass is 10.1. The summed E-state index contributed by atoms with van der Waals surface area (Å²) in [5, 5.41) is 9.91. The van der Waals surface area contributed by atoms with E-state index in [9.17, 15) is 26.3 Å². The lowest BCUT2D eigenvalue weighted by molar-refractivity contribution is -0.136. The van der Waals surface area contributed by atoms with Crippen molar-refractivity contribution in [2.75, 3.05) is 23.8 Å². The van der Waals surface area contributed by atoms with E-state index in [1.165, 1.54) is 19.2 Å². The summed E-state index contributed by atoms with van der Waals surface area (Å²) in [4.78, 5) is 4.62. The van der Waals surface area contributed by atoms with Crippen LogP contribution in [-0.4, -0.2) is 35.0 Å². The molecule has 0 bridgehead atoms. The first kappa shape index (κ1) is 22.7. The zero-order valence-electron chi connectivity index (χ0n) is 15.7. The number of alkyl halides is 6. The van der Waals surface area contributed by atoms with Crippen LogP contribution in [0.5, 0.6) is 0 Å². The van der Waals surface area contributed by atoms with Crippen molar-refractivity contribution in [3.63, 3.8) is 0 Å². The smallest absolute Gasteiger partial charge is 0.417 e. The molecule has 0 saturated carbocycles. The number of pyridine rings is 1. The van der Waals surface area contributed by atoms with Gasteiger partial charge < -0.3 is 14.6 Å². The number of hydrogen-bond donors (Lipinski definition) is 1. The van der Waals surface area contributed by atoms with Crippen molar-refractivity contribution in [2.45, 2.75) is 18.9 Å². The second kappa shape index (κ2) is 8.61. The van der Waals surface area contributed by atoms with Crippen LogP contribution in [0.1, 0.15) is 11.5 Å². The summed E-state index contributed by atoms with van der Waals surface area (Å²) < 4.78 is 84.7. The number of anilines is 2. The molecule has 0 aliphatic carbocycles. The average Bonchev–Trinajstić information content (AvgIpc) is 3.14. The van der Waals surface area contributed by atoms with Crippen LogP contribution in [0.3, 0.4) is 0 Å². The Morgan fingerprint density at radius 3 is 2.42 bits per heavy atom. The van der Waals surface area contributed by atoms with Crippen LogP contribution in [0, 0.1) is 0 Å². The van der Waals surface area contributed by atoms with Gasteiger partial charge in [-0.1, -0.05) is 17.7 Å². The SMILES string of the molecule is CNc1ccc(N(Cc2nnc(-c3cccc(Cl)n3)o2)CC(F)(F)F)cc1C(F)(F)F. The molecule has 13 heteroatoms. The van der Waals surface area contributed by atoms with E-state index in [4.69, 9.17) is 16.0 Å². The van der Waals surface area contributed by atoms with Crippen molar-refractivity contribution in [3.05, 3.63) is 53.0 Å². The molecule has 2 aromatic heterocycles. The fourth-order valence-corrected chi connectivity index (χ4v) is 2.91. The number of benzene rings is 1. The summed E-state index contributed by atoms with van der Waals surface area (Å²) in [6.45, 7) is -2.11. The highest BCUT2D eigenvalue weighted by Gasteiger charge is 2.36. The van der Waals surface area contributed by atoms with Gasteiger partial charge in [-0.05, 0) is 30.3 Å². The van der Waals surface area contributed by atoms with Crippen molar-refractivity contribution in [1.29, 1.82) is 0 Å². The molecule has 0 aliphatic rings. The number of hydrogen-bond acceptors (Lipinski definition) is 6. The Balaban J connectivity index is 1.94. The zero-order chi connectivity index (χ0) is 22.8. The molecule has 2 heterocycles. The van der Waals surface area contributed by atoms with Crippen LogP contribution in [-0.2, 0) is 12.7 Å². The molecule has 0 radical (unpaired) electrons. The van der Waals surface area contributed by atoms with Crippen LogP contribution in [0.25, 0.3) is 11.6 Å². The minimum atomic E-state index is -4.77. The third-order valence-corrected chi connectivity index (χ3v) is 4.25. The van der Waals surface area contributed by atoms with Crippen LogP contribution < -0.4 is 10.2 Å². The fraction of sp³-hybridized carbons (Fsp3) is 0.278. The van der Waals surface area contributed by atoms with Crippen molar-refractivity contribution in [2.24, 2.45) is 0 Å². The molecule has 0 unspecified atom stereocenters. The van der Waals surface area contributed by atoms with Crippen molar-refractivity contribution >= 4 is 23.0 Å². The van der Waals surface area contributed by atoms with E-state index in [0.717, 1.165) is 12.1 Å². The van der Waals surface area contributed by atoms with E-state index in [-0.39, 0.29) is 34.0 Å². The van der Waals surface area contributed by atoms with Gasteiger partial charge in [0, 0.05) is 18.4 Å². The number of rotatable bonds is 6. The van der Waals surface area contributed by atoms with E-state index < -0.39 is 31.0 Å². The summed E-state index contributed by atoms with van der Waals surface area (Å²) in [6, 6.07) is 7.39. The molecule has 3 rings (SSSR count). The molecule has 0 fully saturated rings. The van der Waals surface area contributed by atoms with Gasteiger partial charge in [-0.25, -0.2) is 4.98 Å². The summed E-state index contributed by atoms with van der Waals surface area (Å²) in [5.74, 6) is -0.335. The summed E-state index contributed by atoms with van der Waals surface area (Å²) in [5.41, 5.74) is -1.49. The van der Waals surface area contributed by atoms with Gasteiger partial charge in [0.15, 0.2) is 0 Å². The van der Waals surface area contributed by atoms with Gasteiger partial charge in [0.1, 0.15) is 17.4 Å². The third-order valence-electron chi connectivity index (χ3n) is 4.04. The average molecular weight is 466 g/mol. The monoisotopic (exact) mass is 465 g/mol. The van der Waals surface area contributed by atoms with E-state index in [0.29, 0.717) is 11.0 Å². The first-order valence-electron chi connectivity index (χ1n) is 8.62. The normalized spacial score (nSPS) is 12.1. The molecule has 0 spiro atoms. The third kappa shape index (κ3) is 5.78. The Hall–Kier alpha value is -3.02. The zero-order valence-corrected chi connectivity index (χ0v) is 16.5. The Bertz CT molecular complexity index is 1050. The molecule has 1 aromatic carbocycles. The Morgan fingerprint density at radius 1 is 1.06 bits per heavy atom. The predicted octanol–water partition coefficient (Wildman–Crippen LogP) is 5.41. The van der Waals surface area contributed by atoms with E-state index in [1.807, 2.05) is 0 Å². The largest absolute Gasteiger partial charge is 0.418 e. The molecule has 0 atom stereocenters. The topological polar surface area (TPSA) is 67.1 Å². The van der Waals surface area contributed by atoms with Crippen LogP contribution in [0.15, 0.2) is 40.8 Å². The summed E-state index contributed by atoms with van der Waals surface area (Å²) in [6.07, 6.45) is -9.47. The quantitative estimate of drug-likeness (QED) is 0.387. The van der Waals surface area contributed by atoms with Crippen LogP contribution in [0.2, 0.25) is 5.15 Å². The van der Waals surface area contributed by atoms with Gasteiger partial charge in [0.25, 0.3) is 5.89 Å². The molecule has 0 saturated heterocycles. The molecule has 166 valence electrons. The van der Waals surface area contributed by atoms with Crippen molar-refractivity contribution in [3.8, 4) is 11.6 Å². The molecule has 0 aliphatic heterocycles. The maximum atomic E-state index is 13.3. The second-order valence-corrected chi connectivity index (χ2v) is 6.68. The van der Waals surface area contributed by atoms with Crippen molar-refractivity contribution < 1.29 is 30.8 Å². The Morgan fingerprint density at radius 2 is 1.81 bits per heavy atom. The van der Waals surface area contributed by atoms with E-state index in [1.54, 1.807) is 6.07 Å². The highest BCUT2D eigenvalue weighted by molar-refractivity contribution is 6.29. The van der Waals surface area contributed by atoms with Crippen LogP contribution in [0.4, 0.5) is 37.7 Å². The maximum Gasteiger partial charge on any atom is 0.418 e. The molecule has 1 N–H and O–H groups in total. The first-order chi connectivity index (χ1) is 14.5. The Labute approximate surface area is 176 Å². The number of halogens is 7. The standard InChI is InChI=1S/C18H14ClF6N5O/c1-26-12-6-5-10(7-11(12)18(23,24)25)30(9-17(20,21)22)8-15-28-29-16(31-15)13-3-2-4-14(19)27-13/h2-7,26H,8-9H2,1H3. The van der Waals surface area contributed by atoms with E-state index in [2.05, 4.69) is 20.5 Å². The maximum absolute atomic E-state index is 13.3. The van der Waals surface area contributed by atoms with Gasteiger partial charge in [-0.3, -0.25) is 0 Å². The molecule has 6 nitrogen and oxygen atoms in total. The van der Waals surface area contributed by atoms with Gasteiger partial charge >= 0.3 is 12.4 Å². The highest BCUT2D eigenvalue weighted by atomic mass is 35.5. The van der Waals surface area contributed by atoms with Gasteiger partial charge in [-0.2, -0.15) is 26.3 Å². The molecule has 3 aromatic rings. The molecule has 31 heavy (non-hydrogen) atoms. The first-order valence-corrected chi connectivity index (χ1v) is 9.00. The molecular weight excluding hydrogens is 452 g/mol. The number of nitrogens with one attached hydrogen (secondary N) is 1. The van der Waals surface area contributed by atoms with E-state index >= 15 is 0 Å². The number of aromatic nitrogens is 3. The highest BCUT2D eigenvalue weighted by Crippen LogP contribution is 2.38. The lowest BCUT2D eigenvalue weighted by Crippen LogP contribution is -2.34.